The van der Waals surface area contributed by atoms with E-state index in [9.17, 15) is 8.42 Å². The predicted molar refractivity (Wildman–Crippen MR) is 79.7 cm³/mol. The van der Waals surface area contributed by atoms with Gasteiger partial charge in [0.25, 0.3) is 0 Å². The van der Waals surface area contributed by atoms with E-state index in [0.717, 1.165) is 25.7 Å². The molecule has 0 amide bonds. The molecule has 0 unspecified atom stereocenters. The van der Waals surface area contributed by atoms with Gasteiger partial charge in [0, 0.05) is 25.4 Å². The maximum absolute atomic E-state index is 12.6. The summed E-state index contributed by atoms with van der Waals surface area (Å²) in [6, 6.07) is 2.93. The fourth-order valence-corrected chi connectivity index (χ4v) is 4.36. The number of hydrogen-bond donors (Lipinski definition) is 1. The molecule has 0 bridgehead atoms. The molecule has 0 atom stereocenters. The molecule has 2 N–H and O–H groups in total. The number of anilines is 1. The molecular formula is C14H23N3O2S. The quantitative estimate of drug-likeness (QED) is 0.924. The average Bonchev–Trinajstić information content (AvgIpc) is 2.47. The van der Waals surface area contributed by atoms with E-state index in [2.05, 4.69) is 18.8 Å². The molecule has 112 valence electrons. The molecule has 0 saturated carbocycles. The summed E-state index contributed by atoms with van der Waals surface area (Å²) in [6.45, 7) is 5.56. The molecule has 6 heteroatoms. The lowest BCUT2D eigenvalue weighted by Crippen LogP contribution is -2.42. The lowest BCUT2D eigenvalue weighted by molar-refractivity contribution is 0.141. The van der Waals surface area contributed by atoms with Crippen LogP contribution in [0.4, 0.5) is 5.82 Å². The van der Waals surface area contributed by atoms with Gasteiger partial charge in [-0.25, -0.2) is 13.4 Å². The average molecular weight is 297 g/mol. The summed E-state index contributed by atoms with van der Waals surface area (Å²) in [4.78, 5) is 4.08. The summed E-state index contributed by atoms with van der Waals surface area (Å²) < 4.78 is 26.7. The Hall–Kier alpha value is -1.14. The zero-order valence-electron chi connectivity index (χ0n) is 12.2. The third kappa shape index (κ3) is 2.81. The van der Waals surface area contributed by atoms with Crippen molar-refractivity contribution in [3.8, 4) is 0 Å². The second kappa shape index (κ2) is 5.69. The molecule has 2 rings (SSSR count). The van der Waals surface area contributed by atoms with Crippen LogP contribution >= 0.6 is 0 Å². The minimum atomic E-state index is -3.44. The van der Waals surface area contributed by atoms with Gasteiger partial charge in [0.2, 0.25) is 10.0 Å². The van der Waals surface area contributed by atoms with Crippen LogP contribution in [0.15, 0.2) is 23.2 Å². The first-order chi connectivity index (χ1) is 9.43. The second-order valence-electron chi connectivity index (χ2n) is 5.53. The van der Waals surface area contributed by atoms with Gasteiger partial charge in [-0.2, -0.15) is 4.31 Å². The minimum Gasteiger partial charge on any atom is -0.384 e. The fraction of sp³-hybridized carbons (Fsp3) is 0.643. The Morgan fingerprint density at radius 1 is 1.30 bits per heavy atom. The number of nitrogen functional groups attached to an aromatic ring is 1. The molecule has 1 aromatic heterocycles. The molecule has 0 radical (unpaired) electrons. The van der Waals surface area contributed by atoms with Crippen molar-refractivity contribution in [1.82, 2.24) is 9.29 Å². The summed E-state index contributed by atoms with van der Waals surface area (Å²) in [5.41, 5.74) is 5.89. The molecule has 5 nitrogen and oxygen atoms in total. The maximum Gasteiger partial charge on any atom is 0.243 e. The number of piperidine rings is 1. The SMILES string of the molecule is CCC1(CC)CCN(S(=O)(=O)c2ccnc(N)c2)CC1. The maximum atomic E-state index is 12.6. The third-order valence-corrected chi connectivity index (χ3v) is 6.57. The lowest BCUT2D eigenvalue weighted by atomic mass is 9.75. The van der Waals surface area contributed by atoms with Crippen LogP contribution in [0.3, 0.4) is 0 Å². The monoisotopic (exact) mass is 297 g/mol. The number of nitrogens with two attached hydrogens (primary N) is 1. The number of hydrogen-bond acceptors (Lipinski definition) is 4. The molecule has 0 aromatic carbocycles. The highest BCUT2D eigenvalue weighted by Gasteiger charge is 2.36. The van der Waals surface area contributed by atoms with E-state index in [-0.39, 0.29) is 10.7 Å². The summed E-state index contributed by atoms with van der Waals surface area (Å²) in [5.74, 6) is 0.236. The van der Waals surface area contributed by atoms with Crippen LogP contribution in [-0.4, -0.2) is 30.8 Å². The van der Waals surface area contributed by atoms with Gasteiger partial charge in [-0.3, -0.25) is 0 Å². The highest BCUT2D eigenvalue weighted by atomic mass is 32.2. The van der Waals surface area contributed by atoms with Crippen LogP contribution in [0.5, 0.6) is 0 Å². The molecule has 1 aromatic rings. The van der Waals surface area contributed by atoms with Gasteiger partial charge in [0.05, 0.1) is 4.90 Å². The Bertz CT molecular complexity index is 558. The van der Waals surface area contributed by atoms with Gasteiger partial charge < -0.3 is 5.73 Å². The molecule has 20 heavy (non-hydrogen) atoms. The Morgan fingerprint density at radius 2 is 1.90 bits per heavy atom. The van der Waals surface area contributed by atoms with Crippen LogP contribution in [0.1, 0.15) is 39.5 Å². The van der Waals surface area contributed by atoms with E-state index in [1.165, 1.54) is 18.3 Å². The minimum absolute atomic E-state index is 0.236. The third-order valence-electron chi connectivity index (χ3n) is 4.67. The number of nitrogens with zero attached hydrogens (tertiary/aromatic N) is 2. The van der Waals surface area contributed by atoms with Crippen LogP contribution < -0.4 is 5.73 Å². The van der Waals surface area contributed by atoms with E-state index >= 15 is 0 Å². The molecule has 1 fully saturated rings. The van der Waals surface area contributed by atoms with Crippen molar-refractivity contribution in [2.24, 2.45) is 5.41 Å². The summed E-state index contributed by atoms with van der Waals surface area (Å²) in [6.07, 6.45) is 5.52. The van der Waals surface area contributed by atoms with E-state index in [0.29, 0.717) is 18.5 Å². The van der Waals surface area contributed by atoms with Crippen molar-refractivity contribution < 1.29 is 8.42 Å². The van der Waals surface area contributed by atoms with E-state index in [1.54, 1.807) is 4.31 Å². The lowest BCUT2D eigenvalue weighted by Gasteiger charge is -2.40. The molecule has 1 aliphatic heterocycles. The number of sulfonamides is 1. The summed E-state index contributed by atoms with van der Waals surface area (Å²) in [5, 5.41) is 0. The molecular weight excluding hydrogens is 274 g/mol. The van der Waals surface area contributed by atoms with Crippen LogP contribution in [-0.2, 0) is 10.0 Å². The number of aromatic nitrogens is 1. The van der Waals surface area contributed by atoms with E-state index in [1.807, 2.05) is 0 Å². The van der Waals surface area contributed by atoms with E-state index in [4.69, 9.17) is 5.73 Å². The molecule has 0 spiro atoms. The first-order valence-corrected chi connectivity index (χ1v) is 8.59. The van der Waals surface area contributed by atoms with Gasteiger partial charge in [0.15, 0.2) is 0 Å². The Balaban J connectivity index is 2.17. The smallest absolute Gasteiger partial charge is 0.243 e. The highest BCUT2D eigenvalue weighted by Crippen LogP contribution is 2.39. The van der Waals surface area contributed by atoms with Crippen molar-refractivity contribution in [2.45, 2.75) is 44.4 Å². The van der Waals surface area contributed by atoms with E-state index < -0.39 is 10.0 Å². The highest BCUT2D eigenvalue weighted by molar-refractivity contribution is 7.89. The van der Waals surface area contributed by atoms with Gasteiger partial charge >= 0.3 is 0 Å². The Labute approximate surface area is 121 Å². The van der Waals surface area contributed by atoms with Crippen molar-refractivity contribution >= 4 is 15.8 Å². The van der Waals surface area contributed by atoms with Crippen molar-refractivity contribution in [2.75, 3.05) is 18.8 Å². The normalized spacial score (nSPS) is 19.9. The van der Waals surface area contributed by atoms with Gasteiger partial charge in [-0.15, -0.1) is 0 Å². The van der Waals surface area contributed by atoms with Crippen molar-refractivity contribution in [1.29, 1.82) is 0 Å². The molecule has 0 aliphatic carbocycles. The van der Waals surface area contributed by atoms with Gasteiger partial charge in [-0.1, -0.05) is 26.7 Å². The molecule has 2 heterocycles. The predicted octanol–water partition coefficient (Wildman–Crippen LogP) is 2.25. The van der Waals surface area contributed by atoms with Crippen LogP contribution in [0.25, 0.3) is 0 Å². The van der Waals surface area contributed by atoms with Crippen molar-refractivity contribution in [3.05, 3.63) is 18.3 Å². The zero-order valence-corrected chi connectivity index (χ0v) is 13.0. The standard InChI is InChI=1S/C14H23N3O2S/c1-3-14(4-2)6-9-17(10-7-14)20(18,19)12-5-8-16-13(15)11-12/h5,8,11H,3-4,6-7,9-10H2,1-2H3,(H2,15,16). The van der Waals surface area contributed by atoms with Crippen molar-refractivity contribution in [3.63, 3.8) is 0 Å². The molecule has 1 aliphatic rings. The van der Waals surface area contributed by atoms with Crippen LogP contribution in [0.2, 0.25) is 0 Å². The zero-order chi connectivity index (χ0) is 14.8. The number of rotatable bonds is 4. The Kier molecular flexibility index (Phi) is 4.34. The summed E-state index contributed by atoms with van der Waals surface area (Å²) >= 11 is 0. The van der Waals surface area contributed by atoms with Gasteiger partial charge in [0.1, 0.15) is 5.82 Å². The topological polar surface area (TPSA) is 76.3 Å². The number of pyridine rings is 1. The first kappa shape index (κ1) is 15.3. The summed E-state index contributed by atoms with van der Waals surface area (Å²) in [7, 11) is -3.44. The largest absolute Gasteiger partial charge is 0.384 e. The molecule has 1 saturated heterocycles. The Morgan fingerprint density at radius 3 is 2.40 bits per heavy atom. The van der Waals surface area contributed by atoms with Crippen LogP contribution in [0, 0.1) is 5.41 Å². The first-order valence-electron chi connectivity index (χ1n) is 7.15. The fourth-order valence-electron chi connectivity index (χ4n) is 2.90. The van der Waals surface area contributed by atoms with Gasteiger partial charge in [-0.05, 0) is 24.3 Å². The second-order valence-corrected chi connectivity index (χ2v) is 7.47.